The molecular formula is C25H40Cl3N3O5. The first kappa shape index (κ1) is 32.7. The van der Waals surface area contributed by atoms with Gasteiger partial charge in [-0.3, -0.25) is 24.2 Å². The van der Waals surface area contributed by atoms with E-state index in [0.29, 0.717) is 32.2 Å². The zero-order valence-electron chi connectivity index (χ0n) is 21.9. The molecule has 2 amide bonds. The smallest absolute Gasteiger partial charge is 0.325 e. The summed E-state index contributed by atoms with van der Waals surface area (Å²) in [7, 11) is 0. The van der Waals surface area contributed by atoms with Crippen LogP contribution in [0.4, 0.5) is 0 Å². The summed E-state index contributed by atoms with van der Waals surface area (Å²) in [6.07, 6.45) is 4.88. The molecule has 1 heterocycles. The number of alkyl halides is 3. The van der Waals surface area contributed by atoms with Crippen molar-refractivity contribution in [2.24, 2.45) is 17.3 Å². The molecule has 8 nitrogen and oxygen atoms in total. The first-order chi connectivity index (χ1) is 16.6. The second kappa shape index (κ2) is 14.6. The maximum Gasteiger partial charge on any atom is 0.325 e. The summed E-state index contributed by atoms with van der Waals surface area (Å²) in [6, 6.07) is -1.63. The summed E-state index contributed by atoms with van der Waals surface area (Å²) in [4.78, 5) is 50.9. The molecule has 1 fully saturated rings. The van der Waals surface area contributed by atoms with Crippen molar-refractivity contribution < 1.29 is 23.9 Å². The Bertz CT molecular complexity index is 798. The van der Waals surface area contributed by atoms with Crippen molar-refractivity contribution in [1.82, 2.24) is 15.8 Å². The number of ether oxygens (including phenoxy) is 1. The molecule has 0 aliphatic carbocycles. The largest absolute Gasteiger partial charge is 0.460 e. The average Bonchev–Trinajstić information content (AvgIpc) is 2.78. The number of Topliss-reactive ketones (excluding diaryl/α,β-unsaturated/α-hetero) is 1. The van der Waals surface area contributed by atoms with Gasteiger partial charge in [0.25, 0.3) is 5.91 Å². The van der Waals surface area contributed by atoms with Crippen molar-refractivity contribution in [2.75, 3.05) is 13.2 Å². The molecule has 36 heavy (non-hydrogen) atoms. The molecule has 0 bridgehead atoms. The molecule has 0 spiro atoms. The number of carbonyl (C=O) groups excluding carboxylic acids is 4. The minimum absolute atomic E-state index is 0.0221. The maximum atomic E-state index is 13.0. The van der Waals surface area contributed by atoms with Crippen LogP contribution < -0.4 is 10.7 Å². The number of ketones is 1. The molecule has 0 aromatic carbocycles. The van der Waals surface area contributed by atoms with E-state index in [9.17, 15) is 19.2 Å². The van der Waals surface area contributed by atoms with Gasteiger partial charge in [-0.15, -0.1) is 6.58 Å². The number of nitrogens with one attached hydrogen (secondary N) is 2. The highest BCUT2D eigenvalue weighted by atomic mass is 35.6. The minimum atomic E-state index is -1.73. The van der Waals surface area contributed by atoms with Crippen LogP contribution in [0.5, 0.6) is 0 Å². The van der Waals surface area contributed by atoms with E-state index in [0.717, 1.165) is 6.42 Å². The number of carbonyl (C=O) groups is 4. The Morgan fingerprint density at radius 2 is 1.83 bits per heavy atom. The van der Waals surface area contributed by atoms with E-state index in [1.165, 1.54) is 5.01 Å². The van der Waals surface area contributed by atoms with Crippen LogP contribution in [0.15, 0.2) is 12.7 Å². The molecule has 11 heteroatoms. The second-order valence-corrected chi connectivity index (χ2v) is 13.0. The van der Waals surface area contributed by atoms with Gasteiger partial charge in [-0.2, -0.15) is 0 Å². The lowest BCUT2D eigenvalue weighted by Crippen LogP contribution is -2.59. The molecule has 3 atom stereocenters. The number of esters is 1. The van der Waals surface area contributed by atoms with Crippen molar-refractivity contribution in [3.05, 3.63) is 12.7 Å². The quantitative estimate of drug-likeness (QED) is 0.192. The molecule has 0 saturated carbocycles. The monoisotopic (exact) mass is 567 g/mol. The highest BCUT2D eigenvalue weighted by Gasteiger charge is 2.34. The SMILES string of the molecule is C=CCC(C)(C)CCC(=O)C[C@H](C(=O)N[C@@H](C)C(=O)N1CCC[C@@H](C(=O)OCC(Cl)(Cl)Cl)N1)C(C)C. The van der Waals surface area contributed by atoms with Crippen LogP contribution in [0.1, 0.15) is 73.1 Å². The van der Waals surface area contributed by atoms with Crippen LogP contribution in [0.3, 0.4) is 0 Å². The fourth-order valence-electron chi connectivity index (χ4n) is 3.93. The van der Waals surface area contributed by atoms with Crippen LogP contribution in [-0.4, -0.2) is 57.6 Å². The molecule has 206 valence electrons. The average molecular weight is 569 g/mol. The third kappa shape index (κ3) is 11.8. The number of halogens is 3. The van der Waals surface area contributed by atoms with Crippen molar-refractivity contribution in [3.63, 3.8) is 0 Å². The van der Waals surface area contributed by atoms with Crippen molar-refractivity contribution in [3.8, 4) is 0 Å². The maximum absolute atomic E-state index is 13.0. The standard InChI is InChI=1S/C25H40Cl3N3O5/c1-7-11-24(5,6)12-10-18(32)14-19(16(2)3)21(33)29-17(4)22(34)31-13-8-9-20(30-31)23(35)36-15-25(26,27)28/h7,16-17,19-20,30H,1,8-15H2,2-6H3,(H,29,33)/t17-,19-,20-/m0/s1. The number of nitrogens with zero attached hydrogens (tertiary/aromatic N) is 1. The molecule has 0 aromatic heterocycles. The molecule has 1 rings (SSSR count). The van der Waals surface area contributed by atoms with E-state index >= 15 is 0 Å². The Kier molecular flexibility index (Phi) is 13.2. The molecule has 1 saturated heterocycles. The Morgan fingerprint density at radius 1 is 1.19 bits per heavy atom. The summed E-state index contributed by atoms with van der Waals surface area (Å²) in [5.41, 5.74) is 2.81. The van der Waals surface area contributed by atoms with Gasteiger partial charge >= 0.3 is 5.97 Å². The fourth-order valence-corrected chi connectivity index (χ4v) is 4.10. The Hall–Kier alpha value is -1.35. The molecule has 1 aliphatic rings. The van der Waals surface area contributed by atoms with Crippen molar-refractivity contribution in [2.45, 2.75) is 89.0 Å². The number of rotatable bonds is 13. The van der Waals surface area contributed by atoms with Crippen molar-refractivity contribution in [1.29, 1.82) is 0 Å². The first-order valence-corrected chi connectivity index (χ1v) is 13.4. The van der Waals surface area contributed by atoms with Gasteiger partial charge in [0.2, 0.25) is 9.70 Å². The van der Waals surface area contributed by atoms with Gasteiger partial charge in [-0.1, -0.05) is 68.6 Å². The molecule has 0 unspecified atom stereocenters. The zero-order valence-corrected chi connectivity index (χ0v) is 24.1. The summed E-state index contributed by atoms with van der Waals surface area (Å²) in [5.74, 6) is -1.99. The molecule has 2 N–H and O–H groups in total. The van der Waals surface area contributed by atoms with E-state index < -0.39 is 40.3 Å². The normalized spacial score (nSPS) is 18.4. The number of amides is 2. The predicted molar refractivity (Wildman–Crippen MR) is 143 cm³/mol. The first-order valence-electron chi connectivity index (χ1n) is 12.3. The van der Waals surface area contributed by atoms with E-state index in [-0.39, 0.29) is 29.4 Å². The lowest BCUT2D eigenvalue weighted by Gasteiger charge is -2.34. The fraction of sp³-hybridized carbons (Fsp3) is 0.760. The summed E-state index contributed by atoms with van der Waals surface area (Å²) in [6.45, 7) is 13.2. The second-order valence-electron chi connectivity index (χ2n) is 10.5. The molecule has 0 aromatic rings. The molecular weight excluding hydrogens is 529 g/mol. The Balaban J connectivity index is 2.67. The number of hydrazine groups is 1. The van der Waals surface area contributed by atoms with E-state index in [1.807, 2.05) is 19.9 Å². The van der Waals surface area contributed by atoms with Crippen LogP contribution >= 0.6 is 34.8 Å². The lowest BCUT2D eigenvalue weighted by atomic mass is 9.82. The lowest BCUT2D eigenvalue weighted by molar-refractivity contribution is -0.153. The molecule has 1 aliphatic heterocycles. The molecule has 0 radical (unpaired) electrons. The summed E-state index contributed by atoms with van der Waals surface area (Å²) >= 11 is 16.9. The minimum Gasteiger partial charge on any atom is -0.460 e. The number of hydrogen-bond acceptors (Lipinski definition) is 6. The zero-order chi connectivity index (χ0) is 27.7. The van der Waals surface area contributed by atoms with Gasteiger partial charge in [0.05, 0.1) is 0 Å². The number of allylic oxidation sites excluding steroid dienone is 1. The van der Waals surface area contributed by atoms with Crippen LogP contribution in [-0.2, 0) is 23.9 Å². The van der Waals surface area contributed by atoms with Crippen molar-refractivity contribution >= 4 is 58.4 Å². The Morgan fingerprint density at radius 3 is 2.39 bits per heavy atom. The third-order valence-corrected chi connectivity index (χ3v) is 6.54. The van der Waals surface area contributed by atoms with Gasteiger partial charge in [-0.05, 0) is 43.9 Å². The summed E-state index contributed by atoms with van der Waals surface area (Å²) < 4.78 is 3.28. The van der Waals surface area contributed by atoms with Gasteiger partial charge in [0.15, 0.2) is 0 Å². The highest BCUT2D eigenvalue weighted by Crippen LogP contribution is 2.28. The van der Waals surface area contributed by atoms with Gasteiger partial charge in [0.1, 0.15) is 24.5 Å². The highest BCUT2D eigenvalue weighted by molar-refractivity contribution is 6.67. The van der Waals surface area contributed by atoms with Gasteiger partial charge in [0, 0.05) is 25.3 Å². The predicted octanol–water partition coefficient (Wildman–Crippen LogP) is 4.51. The summed E-state index contributed by atoms with van der Waals surface area (Å²) in [5, 5.41) is 4.04. The van der Waals surface area contributed by atoms with E-state index in [2.05, 4.69) is 31.2 Å². The topological polar surface area (TPSA) is 105 Å². The Labute approximate surface area is 229 Å². The van der Waals surface area contributed by atoms with Gasteiger partial charge in [-0.25, -0.2) is 5.43 Å². The van der Waals surface area contributed by atoms with E-state index in [4.69, 9.17) is 39.5 Å². The van der Waals surface area contributed by atoms with E-state index in [1.54, 1.807) is 6.92 Å². The van der Waals surface area contributed by atoms with Crippen LogP contribution in [0.25, 0.3) is 0 Å². The van der Waals surface area contributed by atoms with Gasteiger partial charge < -0.3 is 10.1 Å². The van der Waals surface area contributed by atoms with Crippen LogP contribution in [0, 0.1) is 17.3 Å². The third-order valence-electron chi connectivity index (χ3n) is 6.21. The van der Waals surface area contributed by atoms with Crippen LogP contribution in [0.2, 0.25) is 0 Å². The number of hydrogen-bond donors (Lipinski definition) is 2.